The molecule has 2 heteroatoms. The van der Waals surface area contributed by atoms with Crippen molar-refractivity contribution in [2.45, 2.75) is 72.3 Å². The molecule has 0 aromatic heterocycles. The first kappa shape index (κ1) is 15.3. The SMILES string of the molecule is CCOCC1(CNC2CC2)CCC(C(C)(C)C)CC1. The largest absolute Gasteiger partial charge is 0.381 e. The van der Waals surface area contributed by atoms with Crippen molar-refractivity contribution >= 4 is 0 Å². The molecule has 0 spiro atoms. The third-order valence-corrected chi connectivity index (χ3v) is 5.23. The van der Waals surface area contributed by atoms with Crippen LogP contribution in [-0.2, 0) is 4.74 Å². The van der Waals surface area contributed by atoms with Gasteiger partial charge in [0.05, 0.1) is 6.61 Å². The van der Waals surface area contributed by atoms with E-state index in [1.807, 2.05) is 0 Å². The summed E-state index contributed by atoms with van der Waals surface area (Å²) in [7, 11) is 0. The van der Waals surface area contributed by atoms with Gasteiger partial charge in [-0.2, -0.15) is 0 Å². The molecular formula is C17H33NO. The van der Waals surface area contributed by atoms with Crippen molar-refractivity contribution in [2.75, 3.05) is 19.8 Å². The Balaban J connectivity index is 1.87. The van der Waals surface area contributed by atoms with Crippen molar-refractivity contribution in [3.8, 4) is 0 Å². The second kappa shape index (κ2) is 6.13. The molecule has 2 nitrogen and oxygen atoms in total. The molecule has 2 aliphatic rings. The predicted molar refractivity (Wildman–Crippen MR) is 81.4 cm³/mol. The molecule has 0 amide bonds. The molecule has 2 rings (SSSR count). The van der Waals surface area contributed by atoms with Gasteiger partial charge in [0.25, 0.3) is 0 Å². The zero-order valence-corrected chi connectivity index (χ0v) is 13.4. The summed E-state index contributed by atoms with van der Waals surface area (Å²) in [4.78, 5) is 0. The molecule has 2 saturated carbocycles. The van der Waals surface area contributed by atoms with E-state index in [0.717, 1.165) is 25.2 Å². The van der Waals surface area contributed by atoms with Gasteiger partial charge in [-0.05, 0) is 56.8 Å². The number of rotatable bonds is 6. The summed E-state index contributed by atoms with van der Waals surface area (Å²) in [6, 6.07) is 0.818. The predicted octanol–water partition coefficient (Wildman–Crippen LogP) is 4.00. The first-order valence-corrected chi connectivity index (χ1v) is 8.26. The summed E-state index contributed by atoms with van der Waals surface area (Å²) in [6.45, 7) is 12.3. The number of hydrogen-bond acceptors (Lipinski definition) is 2. The Morgan fingerprint density at radius 3 is 2.21 bits per heavy atom. The van der Waals surface area contributed by atoms with E-state index in [1.54, 1.807) is 0 Å². The van der Waals surface area contributed by atoms with E-state index in [4.69, 9.17) is 4.74 Å². The molecule has 0 aromatic carbocycles. The van der Waals surface area contributed by atoms with E-state index in [0.29, 0.717) is 10.8 Å². The lowest BCUT2D eigenvalue weighted by Crippen LogP contribution is -2.43. The fourth-order valence-electron chi connectivity index (χ4n) is 3.44. The van der Waals surface area contributed by atoms with Gasteiger partial charge in [0.2, 0.25) is 0 Å². The molecule has 0 saturated heterocycles. The van der Waals surface area contributed by atoms with Gasteiger partial charge in [-0.25, -0.2) is 0 Å². The van der Waals surface area contributed by atoms with Gasteiger partial charge in [0, 0.05) is 24.6 Å². The summed E-state index contributed by atoms with van der Waals surface area (Å²) < 4.78 is 5.81. The van der Waals surface area contributed by atoms with Crippen molar-refractivity contribution in [2.24, 2.45) is 16.7 Å². The second-order valence-electron chi connectivity index (χ2n) is 7.93. The fraction of sp³-hybridized carbons (Fsp3) is 1.00. The van der Waals surface area contributed by atoms with Crippen LogP contribution >= 0.6 is 0 Å². The normalized spacial score (nSPS) is 32.5. The molecule has 0 atom stereocenters. The Morgan fingerprint density at radius 1 is 1.11 bits per heavy atom. The van der Waals surface area contributed by atoms with E-state index in [-0.39, 0.29) is 0 Å². The highest BCUT2D eigenvalue weighted by Crippen LogP contribution is 2.45. The van der Waals surface area contributed by atoms with Crippen molar-refractivity contribution in [3.05, 3.63) is 0 Å². The smallest absolute Gasteiger partial charge is 0.0534 e. The Morgan fingerprint density at radius 2 is 1.74 bits per heavy atom. The van der Waals surface area contributed by atoms with Gasteiger partial charge >= 0.3 is 0 Å². The highest BCUT2D eigenvalue weighted by atomic mass is 16.5. The topological polar surface area (TPSA) is 21.3 Å². The monoisotopic (exact) mass is 267 g/mol. The Hall–Kier alpha value is -0.0800. The van der Waals surface area contributed by atoms with Crippen LogP contribution in [0.2, 0.25) is 0 Å². The number of nitrogens with one attached hydrogen (secondary N) is 1. The minimum Gasteiger partial charge on any atom is -0.381 e. The van der Waals surface area contributed by atoms with Crippen molar-refractivity contribution in [1.29, 1.82) is 0 Å². The Labute approximate surface area is 119 Å². The minimum atomic E-state index is 0.417. The van der Waals surface area contributed by atoms with Gasteiger partial charge in [0.1, 0.15) is 0 Å². The minimum absolute atomic E-state index is 0.417. The molecular weight excluding hydrogens is 234 g/mol. The molecule has 0 aliphatic heterocycles. The molecule has 0 radical (unpaired) electrons. The maximum absolute atomic E-state index is 5.81. The van der Waals surface area contributed by atoms with Crippen molar-refractivity contribution < 1.29 is 4.74 Å². The molecule has 112 valence electrons. The van der Waals surface area contributed by atoms with Gasteiger partial charge in [-0.1, -0.05) is 20.8 Å². The summed E-state index contributed by atoms with van der Waals surface area (Å²) in [5.41, 5.74) is 0.891. The van der Waals surface area contributed by atoms with Crippen LogP contribution in [0.1, 0.15) is 66.2 Å². The first-order chi connectivity index (χ1) is 8.95. The fourth-order valence-corrected chi connectivity index (χ4v) is 3.44. The van der Waals surface area contributed by atoms with Crippen LogP contribution in [0.3, 0.4) is 0 Å². The van der Waals surface area contributed by atoms with Gasteiger partial charge in [-0.3, -0.25) is 0 Å². The molecule has 2 fully saturated rings. The van der Waals surface area contributed by atoms with E-state index in [1.165, 1.54) is 45.1 Å². The standard InChI is InChI=1S/C17H33NO/c1-5-19-13-17(12-18-15-6-7-15)10-8-14(9-11-17)16(2,3)4/h14-15,18H,5-13H2,1-4H3. The van der Waals surface area contributed by atoms with Gasteiger partial charge < -0.3 is 10.1 Å². The number of hydrogen-bond donors (Lipinski definition) is 1. The first-order valence-electron chi connectivity index (χ1n) is 8.26. The molecule has 1 N–H and O–H groups in total. The van der Waals surface area contributed by atoms with Crippen LogP contribution in [0.5, 0.6) is 0 Å². The lowest BCUT2D eigenvalue weighted by atomic mass is 9.64. The van der Waals surface area contributed by atoms with E-state index in [9.17, 15) is 0 Å². The van der Waals surface area contributed by atoms with E-state index >= 15 is 0 Å². The quantitative estimate of drug-likeness (QED) is 0.785. The molecule has 0 unspecified atom stereocenters. The van der Waals surface area contributed by atoms with Crippen LogP contribution in [0.4, 0.5) is 0 Å². The van der Waals surface area contributed by atoms with Crippen molar-refractivity contribution in [3.63, 3.8) is 0 Å². The Kier molecular flexibility index (Phi) is 4.94. The van der Waals surface area contributed by atoms with E-state index < -0.39 is 0 Å². The highest BCUT2D eigenvalue weighted by Gasteiger charge is 2.39. The third-order valence-electron chi connectivity index (χ3n) is 5.23. The average Bonchev–Trinajstić information content (AvgIpc) is 3.18. The van der Waals surface area contributed by atoms with E-state index in [2.05, 4.69) is 33.0 Å². The summed E-state index contributed by atoms with van der Waals surface area (Å²) in [5, 5.41) is 3.75. The molecule has 2 aliphatic carbocycles. The lowest BCUT2D eigenvalue weighted by molar-refractivity contribution is 0.000888. The van der Waals surface area contributed by atoms with Crippen LogP contribution in [0.25, 0.3) is 0 Å². The maximum Gasteiger partial charge on any atom is 0.0534 e. The Bertz CT molecular complexity index is 269. The summed E-state index contributed by atoms with van der Waals surface area (Å²) >= 11 is 0. The third kappa shape index (κ3) is 4.46. The summed E-state index contributed by atoms with van der Waals surface area (Å²) in [6.07, 6.45) is 8.21. The molecule has 19 heavy (non-hydrogen) atoms. The zero-order valence-electron chi connectivity index (χ0n) is 13.4. The van der Waals surface area contributed by atoms with Gasteiger partial charge in [0.15, 0.2) is 0 Å². The second-order valence-corrected chi connectivity index (χ2v) is 7.93. The van der Waals surface area contributed by atoms with Crippen molar-refractivity contribution in [1.82, 2.24) is 5.32 Å². The van der Waals surface area contributed by atoms with Crippen LogP contribution in [-0.4, -0.2) is 25.8 Å². The molecule has 0 aromatic rings. The van der Waals surface area contributed by atoms with Gasteiger partial charge in [-0.15, -0.1) is 0 Å². The van der Waals surface area contributed by atoms with Crippen LogP contribution < -0.4 is 5.32 Å². The average molecular weight is 267 g/mol. The van der Waals surface area contributed by atoms with Crippen LogP contribution in [0, 0.1) is 16.7 Å². The lowest BCUT2D eigenvalue weighted by Gasteiger charge is -2.44. The zero-order chi connectivity index (χ0) is 13.9. The number of ether oxygens (including phenoxy) is 1. The maximum atomic E-state index is 5.81. The summed E-state index contributed by atoms with van der Waals surface area (Å²) in [5.74, 6) is 0.892. The molecule has 0 bridgehead atoms. The molecule has 0 heterocycles. The van der Waals surface area contributed by atoms with Crippen LogP contribution in [0.15, 0.2) is 0 Å². The highest BCUT2D eigenvalue weighted by molar-refractivity contribution is 4.93.